The zero-order chi connectivity index (χ0) is 13.0. The Morgan fingerprint density at radius 3 is 3.11 bits per heavy atom. The molecule has 1 fully saturated rings. The highest BCUT2D eigenvalue weighted by atomic mass is 32.2. The Morgan fingerprint density at radius 1 is 1.61 bits per heavy atom. The lowest BCUT2D eigenvalue weighted by Crippen LogP contribution is -2.37. The molecule has 0 saturated carbocycles. The lowest BCUT2D eigenvalue weighted by atomic mass is 10.3. The molecule has 0 aliphatic carbocycles. The molecular weight excluding hydrogens is 256 g/mol. The number of urea groups is 1. The van der Waals surface area contributed by atoms with Gasteiger partial charge in [0.25, 0.3) is 0 Å². The van der Waals surface area contributed by atoms with Crippen LogP contribution in [0.2, 0.25) is 0 Å². The molecule has 98 valence electrons. The third-order valence-corrected chi connectivity index (χ3v) is 3.62. The van der Waals surface area contributed by atoms with E-state index in [1.807, 2.05) is 11.8 Å². The summed E-state index contributed by atoms with van der Waals surface area (Å²) in [5, 5.41) is 17.9. The van der Waals surface area contributed by atoms with Crippen molar-refractivity contribution in [1.82, 2.24) is 15.1 Å². The first-order chi connectivity index (χ1) is 8.63. The van der Waals surface area contributed by atoms with Crippen molar-refractivity contribution in [3.63, 3.8) is 0 Å². The zero-order valence-electron chi connectivity index (χ0n) is 9.63. The normalized spacial score (nSPS) is 18.6. The average molecular weight is 270 g/mol. The number of anilines is 1. The van der Waals surface area contributed by atoms with Crippen molar-refractivity contribution >= 4 is 29.4 Å². The van der Waals surface area contributed by atoms with Crippen LogP contribution in [0.3, 0.4) is 0 Å². The molecule has 7 nitrogen and oxygen atoms in total. The molecule has 0 spiro atoms. The minimum Gasteiger partial charge on any atom is -0.480 e. The topological polar surface area (TPSA) is 96.2 Å². The molecule has 2 amide bonds. The fourth-order valence-electron chi connectivity index (χ4n) is 1.65. The monoisotopic (exact) mass is 270 g/mol. The van der Waals surface area contributed by atoms with Crippen molar-refractivity contribution in [3.8, 4) is 0 Å². The van der Waals surface area contributed by atoms with Crippen molar-refractivity contribution in [3.05, 3.63) is 12.4 Å². The summed E-state index contributed by atoms with van der Waals surface area (Å²) < 4.78 is 1.25. The number of nitrogens with one attached hydrogen (secondary N) is 2. The standard InChI is InChI=1S/C10H14N4O3S/c15-9(16)5-14-4-8(3-11-14)13-10(17)12-7-1-2-18-6-7/h3-4,7H,1-2,5-6H2,(H,15,16)(H2,12,13,17). The van der Waals surface area contributed by atoms with Gasteiger partial charge in [0.05, 0.1) is 11.9 Å². The summed E-state index contributed by atoms with van der Waals surface area (Å²) in [6, 6.07) is -0.0681. The number of thioether (sulfide) groups is 1. The number of aliphatic carboxylic acids is 1. The van der Waals surface area contributed by atoms with Gasteiger partial charge in [0.15, 0.2) is 0 Å². The van der Waals surface area contributed by atoms with Crippen LogP contribution in [0.25, 0.3) is 0 Å². The van der Waals surface area contributed by atoms with Gasteiger partial charge in [0, 0.05) is 18.0 Å². The predicted octanol–water partition coefficient (Wildman–Crippen LogP) is 0.595. The third kappa shape index (κ3) is 3.66. The number of carbonyl (C=O) groups excluding carboxylic acids is 1. The highest BCUT2D eigenvalue weighted by Gasteiger charge is 2.17. The van der Waals surface area contributed by atoms with Crippen LogP contribution in [0.4, 0.5) is 10.5 Å². The van der Waals surface area contributed by atoms with E-state index in [1.165, 1.54) is 17.1 Å². The molecule has 1 saturated heterocycles. The number of hydrogen-bond donors (Lipinski definition) is 3. The van der Waals surface area contributed by atoms with Crippen LogP contribution >= 0.6 is 11.8 Å². The molecule has 0 aromatic carbocycles. The first kappa shape index (κ1) is 12.7. The van der Waals surface area contributed by atoms with E-state index in [9.17, 15) is 9.59 Å². The predicted molar refractivity (Wildman–Crippen MR) is 67.7 cm³/mol. The number of nitrogens with zero attached hydrogens (tertiary/aromatic N) is 2. The maximum absolute atomic E-state index is 11.6. The Bertz CT molecular complexity index is 442. The van der Waals surface area contributed by atoms with Gasteiger partial charge in [0.2, 0.25) is 0 Å². The van der Waals surface area contributed by atoms with E-state index in [0.29, 0.717) is 5.69 Å². The summed E-state index contributed by atoms with van der Waals surface area (Å²) in [4.78, 5) is 22.1. The maximum Gasteiger partial charge on any atom is 0.325 e. The van der Waals surface area contributed by atoms with Gasteiger partial charge in [-0.05, 0) is 12.2 Å². The molecule has 1 aliphatic rings. The van der Waals surface area contributed by atoms with E-state index in [2.05, 4.69) is 15.7 Å². The fourth-order valence-corrected chi connectivity index (χ4v) is 2.81. The number of carboxylic acid groups (broad SMARTS) is 1. The Labute approximate surface area is 108 Å². The smallest absolute Gasteiger partial charge is 0.325 e. The van der Waals surface area contributed by atoms with Gasteiger partial charge in [-0.2, -0.15) is 16.9 Å². The number of carboxylic acids is 1. The Balaban J connectivity index is 1.82. The minimum absolute atomic E-state index is 0.212. The molecule has 1 unspecified atom stereocenters. The Kier molecular flexibility index (Phi) is 4.08. The number of hydrogen-bond acceptors (Lipinski definition) is 4. The summed E-state index contributed by atoms with van der Waals surface area (Å²) in [5.74, 6) is 1.03. The van der Waals surface area contributed by atoms with Crippen molar-refractivity contribution < 1.29 is 14.7 Å². The molecule has 1 aromatic heterocycles. The molecule has 1 atom stereocenters. The highest BCUT2D eigenvalue weighted by molar-refractivity contribution is 7.99. The maximum atomic E-state index is 11.6. The quantitative estimate of drug-likeness (QED) is 0.744. The zero-order valence-corrected chi connectivity index (χ0v) is 10.4. The van der Waals surface area contributed by atoms with Gasteiger partial charge in [-0.3, -0.25) is 9.48 Å². The number of rotatable bonds is 4. The molecule has 0 bridgehead atoms. The highest BCUT2D eigenvalue weighted by Crippen LogP contribution is 2.17. The molecule has 2 heterocycles. The second-order valence-corrected chi connectivity index (χ2v) is 5.13. The Hall–Kier alpha value is -1.70. The van der Waals surface area contributed by atoms with Crippen molar-refractivity contribution in [2.24, 2.45) is 0 Å². The molecule has 1 aliphatic heterocycles. The number of carbonyl (C=O) groups is 2. The minimum atomic E-state index is -0.975. The van der Waals surface area contributed by atoms with Gasteiger partial charge < -0.3 is 15.7 Å². The lowest BCUT2D eigenvalue weighted by molar-refractivity contribution is -0.137. The second-order valence-electron chi connectivity index (χ2n) is 3.98. The number of amides is 2. The second kappa shape index (κ2) is 5.76. The van der Waals surface area contributed by atoms with Gasteiger partial charge in [-0.15, -0.1) is 0 Å². The molecular formula is C10H14N4O3S. The molecule has 2 rings (SSSR count). The van der Waals surface area contributed by atoms with Crippen LogP contribution in [-0.2, 0) is 11.3 Å². The van der Waals surface area contributed by atoms with Gasteiger partial charge in [-0.25, -0.2) is 4.79 Å². The van der Waals surface area contributed by atoms with Gasteiger partial charge in [-0.1, -0.05) is 0 Å². The molecule has 8 heteroatoms. The van der Waals surface area contributed by atoms with E-state index in [4.69, 9.17) is 5.11 Å². The van der Waals surface area contributed by atoms with Gasteiger partial charge >= 0.3 is 12.0 Å². The van der Waals surface area contributed by atoms with Crippen LogP contribution in [0, 0.1) is 0 Å². The fraction of sp³-hybridized carbons (Fsp3) is 0.500. The van der Waals surface area contributed by atoms with Crippen LogP contribution < -0.4 is 10.6 Å². The SMILES string of the molecule is O=C(O)Cn1cc(NC(=O)NC2CCSC2)cn1. The molecule has 3 N–H and O–H groups in total. The third-order valence-electron chi connectivity index (χ3n) is 2.45. The summed E-state index contributed by atoms with van der Waals surface area (Å²) in [5.41, 5.74) is 0.486. The van der Waals surface area contributed by atoms with Gasteiger partial charge in [0.1, 0.15) is 6.54 Å². The van der Waals surface area contributed by atoms with Crippen LogP contribution in [-0.4, -0.2) is 44.4 Å². The first-order valence-corrected chi connectivity index (χ1v) is 6.68. The lowest BCUT2D eigenvalue weighted by Gasteiger charge is -2.11. The summed E-state index contributed by atoms with van der Waals surface area (Å²) in [6.45, 7) is -0.220. The van der Waals surface area contributed by atoms with E-state index in [1.54, 1.807) is 0 Å². The average Bonchev–Trinajstić information content (AvgIpc) is 2.89. The van der Waals surface area contributed by atoms with E-state index in [-0.39, 0.29) is 18.6 Å². The molecule has 18 heavy (non-hydrogen) atoms. The van der Waals surface area contributed by atoms with Crippen molar-refractivity contribution in [1.29, 1.82) is 0 Å². The summed E-state index contributed by atoms with van der Waals surface area (Å²) in [6.07, 6.45) is 3.89. The van der Waals surface area contributed by atoms with E-state index in [0.717, 1.165) is 17.9 Å². The Morgan fingerprint density at radius 2 is 2.44 bits per heavy atom. The van der Waals surface area contributed by atoms with E-state index >= 15 is 0 Å². The van der Waals surface area contributed by atoms with Crippen LogP contribution in [0.1, 0.15) is 6.42 Å². The molecule has 1 aromatic rings. The van der Waals surface area contributed by atoms with Crippen molar-refractivity contribution in [2.75, 3.05) is 16.8 Å². The summed E-state index contributed by atoms with van der Waals surface area (Å²) >= 11 is 1.82. The first-order valence-electron chi connectivity index (χ1n) is 5.53. The largest absolute Gasteiger partial charge is 0.480 e. The number of aromatic nitrogens is 2. The van der Waals surface area contributed by atoms with E-state index < -0.39 is 5.97 Å². The van der Waals surface area contributed by atoms with Crippen LogP contribution in [0.15, 0.2) is 12.4 Å². The van der Waals surface area contributed by atoms with Crippen LogP contribution in [0.5, 0.6) is 0 Å². The van der Waals surface area contributed by atoms with Crippen molar-refractivity contribution in [2.45, 2.75) is 19.0 Å². The molecule has 0 radical (unpaired) electrons. The summed E-state index contributed by atoms with van der Waals surface area (Å²) in [7, 11) is 0.